The fraction of sp³-hybridized carbons (Fsp3) is 1.00. The molecule has 0 aliphatic rings. The topological polar surface area (TPSA) is 58.3 Å². The minimum absolute atomic E-state index is 0.0822. The third kappa shape index (κ3) is 6.01. The Bertz CT molecular complexity index is 76.0. The standard InChI is InChI=1S/C7H18N2O/c1-3-7(8)9-5-4-6(2)10/h6-7,9-10H,3-5,8H2,1-2H3. The predicted octanol–water partition coefficient (Wildman–Crippen LogP) is 0.0417. The molecule has 0 amide bonds. The summed E-state index contributed by atoms with van der Waals surface area (Å²) in [5.74, 6) is 0. The highest BCUT2D eigenvalue weighted by Gasteiger charge is 1.98. The molecule has 0 fully saturated rings. The average molecular weight is 146 g/mol. The third-order valence-electron chi connectivity index (χ3n) is 1.41. The number of rotatable bonds is 5. The van der Waals surface area contributed by atoms with E-state index in [1.54, 1.807) is 6.92 Å². The maximum Gasteiger partial charge on any atom is 0.0543 e. The van der Waals surface area contributed by atoms with Crippen molar-refractivity contribution in [2.45, 2.75) is 39.0 Å². The van der Waals surface area contributed by atoms with Crippen molar-refractivity contribution in [3.8, 4) is 0 Å². The van der Waals surface area contributed by atoms with Gasteiger partial charge in [-0.2, -0.15) is 0 Å². The zero-order chi connectivity index (χ0) is 7.98. The Morgan fingerprint density at radius 1 is 1.60 bits per heavy atom. The summed E-state index contributed by atoms with van der Waals surface area (Å²) in [7, 11) is 0. The van der Waals surface area contributed by atoms with E-state index in [1.165, 1.54) is 0 Å². The first-order chi connectivity index (χ1) is 4.66. The van der Waals surface area contributed by atoms with Gasteiger partial charge in [0.05, 0.1) is 12.3 Å². The Kier molecular flexibility index (Phi) is 5.58. The molecule has 10 heavy (non-hydrogen) atoms. The van der Waals surface area contributed by atoms with E-state index >= 15 is 0 Å². The first kappa shape index (κ1) is 9.88. The van der Waals surface area contributed by atoms with Crippen LogP contribution in [0.25, 0.3) is 0 Å². The molecule has 0 aromatic heterocycles. The molecule has 0 bridgehead atoms. The molecule has 2 atom stereocenters. The van der Waals surface area contributed by atoms with Crippen molar-refractivity contribution < 1.29 is 5.11 Å². The quantitative estimate of drug-likeness (QED) is 0.480. The van der Waals surface area contributed by atoms with Crippen LogP contribution >= 0.6 is 0 Å². The van der Waals surface area contributed by atoms with Crippen molar-refractivity contribution in [3.63, 3.8) is 0 Å². The van der Waals surface area contributed by atoms with Gasteiger partial charge in [0.2, 0.25) is 0 Å². The molecule has 0 aromatic rings. The number of hydrogen-bond acceptors (Lipinski definition) is 3. The van der Waals surface area contributed by atoms with Crippen LogP contribution in [0.4, 0.5) is 0 Å². The third-order valence-corrected chi connectivity index (χ3v) is 1.41. The molecule has 62 valence electrons. The van der Waals surface area contributed by atoms with Crippen molar-refractivity contribution >= 4 is 0 Å². The monoisotopic (exact) mass is 146 g/mol. The van der Waals surface area contributed by atoms with Crippen LogP contribution in [0.1, 0.15) is 26.7 Å². The van der Waals surface area contributed by atoms with Gasteiger partial charge in [-0.25, -0.2) is 0 Å². The molecular weight excluding hydrogens is 128 g/mol. The Labute approximate surface area is 62.6 Å². The lowest BCUT2D eigenvalue weighted by molar-refractivity contribution is 0.182. The van der Waals surface area contributed by atoms with Crippen molar-refractivity contribution in [3.05, 3.63) is 0 Å². The fourth-order valence-corrected chi connectivity index (χ4v) is 0.622. The normalized spacial score (nSPS) is 16.8. The van der Waals surface area contributed by atoms with Crippen molar-refractivity contribution in [2.24, 2.45) is 5.73 Å². The van der Waals surface area contributed by atoms with Crippen LogP contribution in [-0.4, -0.2) is 23.9 Å². The van der Waals surface area contributed by atoms with E-state index in [-0.39, 0.29) is 12.3 Å². The summed E-state index contributed by atoms with van der Waals surface area (Å²) in [5, 5.41) is 11.9. The van der Waals surface area contributed by atoms with Gasteiger partial charge in [0.1, 0.15) is 0 Å². The van der Waals surface area contributed by atoms with E-state index in [0.29, 0.717) is 0 Å². The smallest absolute Gasteiger partial charge is 0.0543 e. The van der Waals surface area contributed by atoms with Gasteiger partial charge in [0.25, 0.3) is 0 Å². The molecule has 4 N–H and O–H groups in total. The average Bonchev–Trinajstić information content (AvgIpc) is 1.87. The van der Waals surface area contributed by atoms with Gasteiger partial charge in [0, 0.05) is 0 Å². The molecule has 0 aromatic carbocycles. The summed E-state index contributed by atoms with van der Waals surface area (Å²) in [6.45, 7) is 4.60. The molecule has 3 nitrogen and oxygen atoms in total. The van der Waals surface area contributed by atoms with E-state index in [9.17, 15) is 0 Å². The van der Waals surface area contributed by atoms with Gasteiger partial charge in [-0.3, -0.25) is 0 Å². The summed E-state index contributed by atoms with van der Waals surface area (Å²) < 4.78 is 0. The molecule has 0 heterocycles. The molecule has 0 aliphatic heterocycles. The molecule has 2 unspecified atom stereocenters. The SMILES string of the molecule is CCC(N)NCCC(C)O. The van der Waals surface area contributed by atoms with Crippen LogP contribution in [0.5, 0.6) is 0 Å². The van der Waals surface area contributed by atoms with Crippen LogP contribution in [-0.2, 0) is 0 Å². The largest absolute Gasteiger partial charge is 0.393 e. The molecular formula is C7H18N2O. The first-order valence-corrected chi connectivity index (χ1v) is 3.83. The molecule has 0 rings (SSSR count). The minimum Gasteiger partial charge on any atom is -0.393 e. The maximum absolute atomic E-state index is 8.86. The van der Waals surface area contributed by atoms with Gasteiger partial charge in [0.15, 0.2) is 0 Å². The second-order valence-electron chi connectivity index (χ2n) is 2.61. The zero-order valence-electron chi connectivity index (χ0n) is 6.80. The summed E-state index contributed by atoms with van der Waals surface area (Å²) in [6.07, 6.45) is 1.56. The molecule has 3 heteroatoms. The van der Waals surface area contributed by atoms with E-state index in [2.05, 4.69) is 5.32 Å². The van der Waals surface area contributed by atoms with Crippen molar-refractivity contribution in [1.82, 2.24) is 5.32 Å². The van der Waals surface area contributed by atoms with E-state index in [1.807, 2.05) is 6.92 Å². The fourth-order valence-electron chi connectivity index (χ4n) is 0.622. The van der Waals surface area contributed by atoms with Gasteiger partial charge in [-0.15, -0.1) is 0 Å². The van der Waals surface area contributed by atoms with Crippen LogP contribution in [0.15, 0.2) is 0 Å². The van der Waals surface area contributed by atoms with Crippen molar-refractivity contribution in [1.29, 1.82) is 0 Å². The van der Waals surface area contributed by atoms with Crippen LogP contribution in [0.2, 0.25) is 0 Å². The van der Waals surface area contributed by atoms with Gasteiger partial charge >= 0.3 is 0 Å². The number of aliphatic hydroxyl groups is 1. The minimum atomic E-state index is -0.225. The van der Waals surface area contributed by atoms with E-state index in [0.717, 1.165) is 19.4 Å². The zero-order valence-corrected chi connectivity index (χ0v) is 6.80. The predicted molar refractivity (Wildman–Crippen MR) is 42.6 cm³/mol. The molecule has 0 aliphatic carbocycles. The van der Waals surface area contributed by atoms with Gasteiger partial charge in [-0.05, 0) is 26.3 Å². The Morgan fingerprint density at radius 3 is 2.60 bits per heavy atom. The van der Waals surface area contributed by atoms with Gasteiger partial charge in [-0.1, -0.05) is 6.92 Å². The maximum atomic E-state index is 8.86. The van der Waals surface area contributed by atoms with Crippen molar-refractivity contribution in [2.75, 3.05) is 6.54 Å². The number of hydrogen-bond donors (Lipinski definition) is 3. The summed E-state index contributed by atoms with van der Waals surface area (Å²) in [6, 6.07) is 0. The summed E-state index contributed by atoms with van der Waals surface area (Å²) >= 11 is 0. The van der Waals surface area contributed by atoms with Gasteiger partial charge < -0.3 is 16.2 Å². The lowest BCUT2D eigenvalue weighted by Crippen LogP contribution is -2.37. The van der Waals surface area contributed by atoms with E-state index < -0.39 is 0 Å². The van der Waals surface area contributed by atoms with Crippen LogP contribution in [0.3, 0.4) is 0 Å². The Morgan fingerprint density at radius 2 is 2.20 bits per heavy atom. The Balaban J connectivity index is 3.03. The number of nitrogens with two attached hydrogens (primary N) is 1. The molecule has 0 saturated heterocycles. The summed E-state index contributed by atoms with van der Waals surface area (Å²) in [5.41, 5.74) is 5.57. The van der Waals surface area contributed by atoms with Crippen LogP contribution < -0.4 is 11.1 Å². The summed E-state index contributed by atoms with van der Waals surface area (Å²) in [4.78, 5) is 0. The number of aliphatic hydroxyl groups excluding tert-OH is 1. The second kappa shape index (κ2) is 5.65. The Hall–Kier alpha value is -0.120. The highest BCUT2D eigenvalue weighted by Crippen LogP contribution is 1.87. The molecule has 0 radical (unpaired) electrons. The first-order valence-electron chi connectivity index (χ1n) is 3.83. The highest BCUT2D eigenvalue weighted by molar-refractivity contribution is 4.57. The molecule has 0 saturated carbocycles. The second-order valence-corrected chi connectivity index (χ2v) is 2.61. The highest BCUT2D eigenvalue weighted by atomic mass is 16.3. The number of nitrogens with one attached hydrogen (secondary N) is 1. The van der Waals surface area contributed by atoms with Crippen LogP contribution in [0, 0.1) is 0 Å². The van der Waals surface area contributed by atoms with E-state index in [4.69, 9.17) is 10.8 Å². The molecule has 0 spiro atoms. The lowest BCUT2D eigenvalue weighted by Gasteiger charge is -2.11. The lowest BCUT2D eigenvalue weighted by atomic mass is 10.3.